The van der Waals surface area contributed by atoms with Crippen LogP contribution >= 0.6 is 0 Å². The molecule has 0 aromatic heterocycles. The lowest BCUT2D eigenvalue weighted by Gasteiger charge is -1.87. The number of allylic oxidation sites excluding steroid dienone is 1. The van der Waals surface area contributed by atoms with E-state index in [-0.39, 0.29) is 0 Å². The summed E-state index contributed by atoms with van der Waals surface area (Å²) in [4.78, 5) is 0. The minimum atomic E-state index is 0.714. The largest absolute Gasteiger partial charge is 0.462 e. The van der Waals surface area contributed by atoms with Crippen molar-refractivity contribution in [2.24, 2.45) is 0 Å². The SMILES string of the molecule is C=C(C)CCC#CO. The van der Waals surface area contributed by atoms with Gasteiger partial charge in [0.1, 0.15) is 6.11 Å². The highest BCUT2D eigenvalue weighted by molar-refractivity contribution is 4.97. The van der Waals surface area contributed by atoms with Gasteiger partial charge in [0, 0.05) is 6.42 Å². The first-order chi connectivity index (χ1) is 3.77. The molecule has 0 aliphatic carbocycles. The van der Waals surface area contributed by atoms with Crippen LogP contribution in [0.15, 0.2) is 12.2 Å². The molecule has 0 aliphatic rings. The zero-order valence-electron chi connectivity index (χ0n) is 5.07. The lowest BCUT2D eigenvalue weighted by atomic mass is 10.2. The second-order valence-electron chi connectivity index (χ2n) is 1.75. The summed E-state index contributed by atoms with van der Waals surface area (Å²) in [7, 11) is 0. The predicted molar refractivity (Wildman–Crippen MR) is 33.8 cm³/mol. The highest BCUT2D eigenvalue weighted by Crippen LogP contribution is 1.97. The topological polar surface area (TPSA) is 20.2 Å². The van der Waals surface area contributed by atoms with Crippen LogP contribution in [0, 0.1) is 12.0 Å². The van der Waals surface area contributed by atoms with Crippen molar-refractivity contribution in [3.63, 3.8) is 0 Å². The van der Waals surface area contributed by atoms with E-state index in [1.54, 1.807) is 0 Å². The summed E-state index contributed by atoms with van der Waals surface area (Å²) in [5.74, 6) is 2.52. The maximum Gasteiger partial charge on any atom is 0.107 e. The van der Waals surface area contributed by atoms with Gasteiger partial charge in [-0.15, -0.1) is 6.58 Å². The molecular weight excluding hydrogens is 100 g/mol. The lowest BCUT2D eigenvalue weighted by molar-refractivity contribution is 0.516. The fourth-order valence-corrected chi connectivity index (χ4v) is 0.332. The van der Waals surface area contributed by atoms with Crippen molar-refractivity contribution in [3.05, 3.63) is 12.2 Å². The van der Waals surface area contributed by atoms with E-state index in [1.165, 1.54) is 0 Å². The number of aliphatic hydroxyl groups excluding tert-OH is 1. The Morgan fingerprint density at radius 2 is 2.38 bits per heavy atom. The van der Waals surface area contributed by atoms with Crippen LogP contribution < -0.4 is 0 Å². The standard InChI is InChI=1S/C7H10O/c1-7(2)5-3-4-6-8/h8H,1,3,5H2,2H3. The molecule has 1 N–H and O–H groups in total. The molecule has 0 fully saturated rings. The molecule has 0 bridgehead atoms. The van der Waals surface area contributed by atoms with Gasteiger partial charge in [0.25, 0.3) is 0 Å². The van der Waals surface area contributed by atoms with Gasteiger partial charge in [0.15, 0.2) is 0 Å². The van der Waals surface area contributed by atoms with Gasteiger partial charge in [0.2, 0.25) is 0 Å². The maximum absolute atomic E-state index is 7.99. The molecule has 44 valence electrons. The molecule has 0 saturated heterocycles. The summed E-state index contributed by atoms with van der Waals surface area (Å²) in [5, 5.41) is 7.99. The molecule has 0 saturated carbocycles. The number of hydrogen-bond acceptors (Lipinski definition) is 1. The van der Waals surface area contributed by atoms with Gasteiger partial charge in [-0.25, -0.2) is 0 Å². The summed E-state index contributed by atoms with van der Waals surface area (Å²) in [6, 6.07) is 0. The van der Waals surface area contributed by atoms with Crippen LogP contribution in [-0.4, -0.2) is 5.11 Å². The van der Waals surface area contributed by atoms with Gasteiger partial charge in [-0.1, -0.05) is 11.5 Å². The van der Waals surface area contributed by atoms with Gasteiger partial charge >= 0.3 is 0 Å². The molecule has 0 aromatic rings. The molecule has 1 heteroatoms. The van der Waals surface area contributed by atoms with Crippen LogP contribution in [0.1, 0.15) is 19.8 Å². The van der Waals surface area contributed by atoms with Crippen LogP contribution in [0.5, 0.6) is 0 Å². The maximum atomic E-state index is 7.99. The first kappa shape index (κ1) is 7.10. The minimum Gasteiger partial charge on any atom is -0.462 e. The monoisotopic (exact) mass is 110 g/mol. The molecule has 0 spiro atoms. The molecule has 0 aromatic carbocycles. The molecule has 0 heterocycles. The van der Waals surface area contributed by atoms with E-state index in [0.717, 1.165) is 12.0 Å². The Hall–Kier alpha value is -0.900. The predicted octanol–water partition coefficient (Wildman–Crippen LogP) is 1.68. The second-order valence-corrected chi connectivity index (χ2v) is 1.75. The van der Waals surface area contributed by atoms with Gasteiger partial charge in [-0.2, -0.15) is 0 Å². The van der Waals surface area contributed by atoms with Crippen molar-refractivity contribution in [1.29, 1.82) is 0 Å². The van der Waals surface area contributed by atoms with Crippen molar-refractivity contribution in [3.8, 4) is 12.0 Å². The van der Waals surface area contributed by atoms with E-state index < -0.39 is 0 Å². The van der Waals surface area contributed by atoms with E-state index in [0.29, 0.717) is 6.42 Å². The Kier molecular flexibility index (Phi) is 3.78. The number of hydrogen-bond donors (Lipinski definition) is 1. The molecule has 0 radical (unpaired) electrons. The molecule has 8 heavy (non-hydrogen) atoms. The van der Waals surface area contributed by atoms with Crippen LogP contribution in [0.2, 0.25) is 0 Å². The molecule has 0 unspecified atom stereocenters. The first-order valence-corrected chi connectivity index (χ1v) is 2.53. The molecule has 1 nitrogen and oxygen atoms in total. The summed E-state index contributed by atoms with van der Waals surface area (Å²) < 4.78 is 0. The third-order valence-electron chi connectivity index (χ3n) is 0.756. The molecule has 0 atom stereocenters. The Morgan fingerprint density at radius 3 is 2.75 bits per heavy atom. The van der Waals surface area contributed by atoms with E-state index in [4.69, 9.17) is 5.11 Å². The highest BCUT2D eigenvalue weighted by Gasteiger charge is 1.80. The summed E-state index contributed by atoms with van der Waals surface area (Å²) >= 11 is 0. The zero-order chi connectivity index (χ0) is 6.41. The van der Waals surface area contributed by atoms with Gasteiger partial charge < -0.3 is 5.11 Å². The third kappa shape index (κ3) is 5.10. The van der Waals surface area contributed by atoms with Gasteiger partial charge in [-0.05, 0) is 13.3 Å². The summed E-state index contributed by atoms with van der Waals surface area (Å²) in [5.41, 5.74) is 1.10. The fourth-order valence-electron chi connectivity index (χ4n) is 0.332. The minimum absolute atomic E-state index is 0.714. The smallest absolute Gasteiger partial charge is 0.107 e. The average molecular weight is 110 g/mol. The molecular formula is C7H10O. The fraction of sp³-hybridized carbons (Fsp3) is 0.429. The van der Waals surface area contributed by atoms with E-state index >= 15 is 0 Å². The number of rotatable bonds is 2. The van der Waals surface area contributed by atoms with Crippen LogP contribution in [0.3, 0.4) is 0 Å². The summed E-state index contributed by atoms with van der Waals surface area (Å²) in [6.45, 7) is 5.62. The van der Waals surface area contributed by atoms with Gasteiger partial charge in [0.05, 0.1) is 0 Å². The number of aliphatic hydroxyl groups is 1. The summed E-state index contributed by atoms with van der Waals surface area (Å²) in [6.07, 6.45) is 3.43. The van der Waals surface area contributed by atoms with Crippen molar-refractivity contribution in [2.45, 2.75) is 19.8 Å². The van der Waals surface area contributed by atoms with E-state index in [1.807, 2.05) is 13.0 Å². The molecule has 0 amide bonds. The van der Waals surface area contributed by atoms with Crippen molar-refractivity contribution in [1.82, 2.24) is 0 Å². The third-order valence-corrected chi connectivity index (χ3v) is 0.756. The Bertz CT molecular complexity index is 125. The lowest BCUT2D eigenvalue weighted by Crippen LogP contribution is -1.70. The van der Waals surface area contributed by atoms with Gasteiger partial charge in [-0.3, -0.25) is 0 Å². The van der Waals surface area contributed by atoms with Crippen LogP contribution in [0.4, 0.5) is 0 Å². The molecule has 0 rings (SSSR count). The quantitative estimate of drug-likeness (QED) is 0.423. The zero-order valence-corrected chi connectivity index (χ0v) is 5.07. The van der Waals surface area contributed by atoms with Crippen LogP contribution in [-0.2, 0) is 0 Å². The van der Waals surface area contributed by atoms with Crippen molar-refractivity contribution >= 4 is 0 Å². The Morgan fingerprint density at radius 1 is 1.75 bits per heavy atom. The van der Waals surface area contributed by atoms with E-state index in [2.05, 4.69) is 12.5 Å². The van der Waals surface area contributed by atoms with Crippen LogP contribution in [0.25, 0.3) is 0 Å². The van der Waals surface area contributed by atoms with Crippen molar-refractivity contribution in [2.75, 3.05) is 0 Å². The highest BCUT2D eigenvalue weighted by atomic mass is 16.2. The Labute approximate surface area is 50.0 Å². The van der Waals surface area contributed by atoms with Crippen molar-refractivity contribution < 1.29 is 5.11 Å². The van der Waals surface area contributed by atoms with E-state index in [9.17, 15) is 0 Å². The average Bonchev–Trinajstić information content (AvgIpc) is 1.66. The molecule has 0 aliphatic heterocycles. The first-order valence-electron chi connectivity index (χ1n) is 2.53. The Balaban J connectivity index is 3.14. The normalized spacial score (nSPS) is 7.12. The second kappa shape index (κ2) is 4.26.